The van der Waals surface area contributed by atoms with Crippen molar-refractivity contribution in [3.05, 3.63) is 57.5 Å². The smallest absolute Gasteiger partial charge is 0.244 e. The minimum Gasteiger partial charge on any atom is -0.493 e. The van der Waals surface area contributed by atoms with Gasteiger partial charge in [-0.05, 0) is 43.2 Å². The lowest BCUT2D eigenvalue weighted by atomic mass is 9.78. The summed E-state index contributed by atoms with van der Waals surface area (Å²) < 4.78 is 33.7. The Bertz CT molecular complexity index is 1050. The van der Waals surface area contributed by atoms with Crippen LogP contribution >= 0.6 is 34.8 Å². The van der Waals surface area contributed by atoms with Crippen LogP contribution in [0.25, 0.3) is 0 Å². The lowest BCUT2D eigenvalue weighted by molar-refractivity contribution is -0.121. The molecule has 1 saturated heterocycles. The van der Waals surface area contributed by atoms with Crippen molar-refractivity contribution in [1.82, 2.24) is 4.31 Å². The summed E-state index contributed by atoms with van der Waals surface area (Å²) in [5.41, 5.74) is 4.72. The Balaban J connectivity index is 1.88. The van der Waals surface area contributed by atoms with Crippen LogP contribution in [-0.4, -0.2) is 38.3 Å². The maximum atomic E-state index is 13.3. The van der Waals surface area contributed by atoms with Gasteiger partial charge in [0, 0.05) is 29.9 Å². The number of carbonyl (C=O) groups excluding carboxylic acids is 1. The van der Waals surface area contributed by atoms with Crippen LogP contribution in [-0.2, 0) is 14.8 Å². The van der Waals surface area contributed by atoms with E-state index in [2.05, 4.69) is 0 Å². The summed E-state index contributed by atoms with van der Waals surface area (Å²) in [5.74, 6) is 0.00828. The number of sulfonamides is 1. The molecule has 162 valence electrons. The number of nitrogens with two attached hydrogens (primary N) is 1. The maximum absolute atomic E-state index is 13.3. The minimum absolute atomic E-state index is 0.0110. The molecule has 2 aromatic carbocycles. The number of benzene rings is 2. The summed E-state index contributed by atoms with van der Waals surface area (Å²) in [6, 6.07) is 11.3. The Morgan fingerprint density at radius 1 is 1.17 bits per heavy atom. The van der Waals surface area contributed by atoms with E-state index < -0.39 is 21.3 Å². The van der Waals surface area contributed by atoms with E-state index in [1.807, 2.05) is 0 Å². The number of carbonyl (C=O) groups is 1. The van der Waals surface area contributed by atoms with E-state index in [4.69, 9.17) is 45.3 Å². The molecular weight excluding hydrogens is 471 g/mol. The fourth-order valence-corrected chi connectivity index (χ4v) is 6.17. The van der Waals surface area contributed by atoms with E-state index in [-0.39, 0.29) is 34.5 Å². The summed E-state index contributed by atoms with van der Waals surface area (Å²) in [7, 11) is -3.92. The summed E-state index contributed by atoms with van der Waals surface area (Å²) in [5, 5.41) is 0.641. The second-order valence-corrected chi connectivity index (χ2v) is 10.5. The molecule has 2 aromatic rings. The molecule has 3 rings (SSSR count). The number of amides is 1. The highest BCUT2D eigenvalue weighted by Gasteiger charge is 2.42. The summed E-state index contributed by atoms with van der Waals surface area (Å²) in [4.78, 5) is 11.7. The molecule has 1 fully saturated rings. The molecule has 1 aliphatic rings. The SMILES string of the molecule is NC(=O)CC1(COc2cccc(Cl)c2)CCCN(S(=O)(=O)c2cccc(Cl)c2Cl)C1. The molecule has 0 bridgehead atoms. The Morgan fingerprint density at radius 3 is 2.60 bits per heavy atom. The van der Waals surface area contributed by atoms with Gasteiger partial charge >= 0.3 is 0 Å². The van der Waals surface area contributed by atoms with E-state index in [0.29, 0.717) is 30.2 Å². The zero-order valence-corrected chi connectivity index (χ0v) is 19.1. The molecule has 1 amide bonds. The van der Waals surface area contributed by atoms with E-state index >= 15 is 0 Å². The highest BCUT2D eigenvalue weighted by molar-refractivity contribution is 7.89. The van der Waals surface area contributed by atoms with E-state index in [1.165, 1.54) is 22.5 Å². The van der Waals surface area contributed by atoms with Gasteiger partial charge in [-0.25, -0.2) is 8.42 Å². The lowest BCUT2D eigenvalue weighted by Gasteiger charge is -2.41. The molecule has 0 radical (unpaired) electrons. The highest BCUT2D eigenvalue weighted by Crippen LogP contribution is 2.38. The summed E-state index contributed by atoms with van der Waals surface area (Å²) in [6.45, 7) is 0.482. The predicted octanol–water partition coefficient (Wildman–Crippen LogP) is 4.37. The van der Waals surface area contributed by atoms with Crippen LogP contribution < -0.4 is 10.5 Å². The van der Waals surface area contributed by atoms with Crippen molar-refractivity contribution in [2.45, 2.75) is 24.2 Å². The Kier molecular flexibility index (Phi) is 7.20. The average Bonchev–Trinajstić information content (AvgIpc) is 2.68. The Labute approximate surface area is 190 Å². The number of nitrogens with zero attached hydrogens (tertiary/aromatic N) is 1. The first-order chi connectivity index (χ1) is 14.1. The van der Waals surface area contributed by atoms with Gasteiger partial charge in [0.15, 0.2) is 0 Å². The van der Waals surface area contributed by atoms with Crippen molar-refractivity contribution in [3.8, 4) is 5.75 Å². The van der Waals surface area contributed by atoms with Gasteiger partial charge in [0.2, 0.25) is 15.9 Å². The first-order valence-corrected chi connectivity index (χ1v) is 11.8. The zero-order valence-electron chi connectivity index (χ0n) is 16.0. The number of piperidine rings is 1. The first-order valence-electron chi connectivity index (χ1n) is 9.24. The standard InChI is InChI=1S/C20H21Cl3N2O4S/c21-14-4-1-5-15(10-14)29-13-20(11-18(24)26)8-3-9-25(12-20)30(27,28)17-7-2-6-16(22)19(17)23/h1-2,4-7,10H,3,8-9,11-13H2,(H2,24,26). The first kappa shape index (κ1) is 23.2. The van der Waals surface area contributed by atoms with Gasteiger partial charge in [-0.1, -0.05) is 46.9 Å². The predicted molar refractivity (Wildman–Crippen MR) is 118 cm³/mol. The van der Waals surface area contributed by atoms with Gasteiger partial charge < -0.3 is 10.5 Å². The number of hydrogen-bond donors (Lipinski definition) is 1. The average molecular weight is 492 g/mol. The van der Waals surface area contributed by atoms with E-state index in [0.717, 1.165) is 0 Å². The molecule has 1 unspecified atom stereocenters. The topological polar surface area (TPSA) is 89.7 Å². The van der Waals surface area contributed by atoms with Crippen molar-refractivity contribution in [3.63, 3.8) is 0 Å². The second kappa shape index (κ2) is 9.32. The monoisotopic (exact) mass is 490 g/mol. The Morgan fingerprint density at radius 2 is 1.90 bits per heavy atom. The van der Waals surface area contributed by atoms with Crippen LogP contribution in [0.2, 0.25) is 15.1 Å². The van der Waals surface area contributed by atoms with Crippen LogP contribution in [0, 0.1) is 5.41 Å². The molecule has 6 nitrogen and oxygen atoms in total. The van der Waals surface area contributed by atoms with Crippen LogP contribution in [0.15, 0.2) is 47.4 Å². The number of ether oxygens (including phenoxy) is 1. The van der Waals surface area contributed by atoms with Crippen LogP contribution in [0.3, 0.4) is 0 Å². The van der Waals surface area contributed by atoms with Gasteiger partial charge in [0.25, 0.3) is 0 Å². The fraction of sp³-hybridized carbons (Fsp3) is 0.350. The van der Waals surface area contributed by atoms with Crippen molar-refractivity contribution in [1.29, 1.82) is 0 Å². The molecule has 0 aromatic heterocycles. The fourth-order valence-electron chi connectivity index (χ4n) is 3.67. The van der Waals surface area contributed by atoms with Gasteiger partial charge in [-0.3, -0.25) is 4.79 Å². The number of primary amides is 1. The van der Waals surface area contributed by atoms with Crippen molar-refractivity contribution < 1.29 is 17.9 Å². The maximum Gasteiger partial charge on any atom is 0.244 e. The normalized spacial score (nSPS) is 20.1. The molecular formula is C20H21Cl3N2O4S. The molecule has 0 aliphatic carbocycles. The van der Waals surface area contributed by atoms with Gasteiger partial charge in [0.1, 0.15) is 10.6 Å². The third-order valence-electron chi connectivity index (χ3n) is 5.05. The zero-order chi connectivity index (χ0) is 21.9. The molecule has 10 heteroatoms. The molecule has 1 heterocycles. The van der Waals surface area contributed by atoms with Crippen molar-refractivity contribution in [2.24, 2.45) is 11.1 Å². The van der Waals surface area contributed by atoms with Gasteiger partial charge in [0.05, 0.1) is 16.7 Å². The van der Waals surface area contributed by atoms with Gasteiger partial charge in [-0.15, -0.1) is 0 Å². The minimum atomic E-state index is -3.92. The molecule has 0 saturated carbocycles. The number of hydrogen-bond acceptors (Lipinski definition) is 4. The van der Waals surface area contributed by atoms with Gasteiger partial charge in [-0.2, -0.15) is 4.31 Å². The third-order valence-corrected chi connectivity index (χ3v) is 8.10. The summed E-state index contributed by atoms with van der Waals surface area (Å²) in [6.07, 6.45) is 1.12. The van der Waals surface area contributed by atoms with Crippen molar-refractivity contribution in [2.75, 3.05) is 19.7 Å². The van der Waals surface area contributed by atoms with E-state index in [1.54, 1.807) is 24.3 Å². The number of rotatable bonds is 7. The quantitative estimate of drug-likeness (QED) is 0.623. The second-order valence-electron chi connectivity index (χ2n) is 7.38. The molecule has 1 aliphatic heterocycles. The van der Waals surface area contributed by atoms with Crippen LogP contribution in [0.4, 0.5) is 0 Å². The summed E-state index contributed by atoms with van der Waals surface area (Å²) >= 11 is 18.2. The molecule has 1 atom stereocenters. The Hall–Kier alpha value is -1.51. The molecule has 30 heavy (non-hydrogen) atoms. The lowest BCUT2D eigenvalue weighted by Crippen LogP contribution is -2.50. The van der Waals surface area contributed by atoms with Crippen LogP contribution in [0.1, 0.15) is 19.3 Å². The van der Waals surface area contributed by atoms with E-state index in [9.17, 15) is 13.2 Å². The third kappa shape index (κ3) is 5.21. The van der Waals surface area contributed by atoms with Crippen LogP contribution in [0.5, 0.6) is 5.75 Å². The van der Waals surface area contributed by atoms with Crippen molar-refractivity contribution >= 4 is 50.7 Å². The molecule has 0 spiro atoms. The molecule has 2 N–H and O–H groups in total. The number of halogens is 3. The largest absolute Gasteiger partial charge is 0.493 e. The highest BCUT2D eigenvalue weighted by atomic mass is 35.5.